The Morgan fingerprint density at radius 2 is 1.54 bits per heavy atom. The average Bonchev–Trinajstić information content (AvgIpc) is 3.73. The number of benzene rings is 3. The van der Waals surface area contributed by atoms with Gasteiger partial charge in [-0.25, -0.2) is 9.37 Å². The molecule has 0 spiro atoms. The van der Waals surface area contributed by atoms with Crippen molar-refractivity contribution in [3.63, 3.8) is 0 Å². The fourth-order valence-electron chi connectivity index (χ4n) is 5.79. The molecule has 0 fully saturated rings. The number of halogens is 4. The van der Waals surface area contributed by atoms with Gasteiger partial charge in [0.25, 0.3) is 11.5 Å². The molecule has 0 radical (unpaired) electrons. The molecular formula is C36H33F4N5O2S. The second kappa shape index (κ2) is 13.8. The van der Waals surface area contributed by atoms with Crippen LogP contribution in [0.3, 0.4) is 0 Å². The summed E-state index contributed by atoms with van der Waals surface area (Å²) in [5, 5.41) is 0.527. The summed E-state index contributed by atoms with van der Waals surface area (Å²) in [6.45, 7) is 2.98. The van der Waals surface area contributed by atoms with Gasteiger partial charge in [0.15, 0.2) is 5.16 Å². The Labute approximate surface area is 279 Å². The van der Waals surface area contributed by atoms with Crippen LogP contribution in [0.1, 0.15) is 57.6 Å². The van der Waals surface area contributed by atoms with Crippen molar-refractivity contribution >= 4 is 17.7 Å². The molecule has 6 rings (SSSR count). The van der Waals surface area contributed by atoms with Crippen molar-refractivity contribution in [2.24, 2.45) is 0 Å². The van der Waals surface area contributed by atoms with E-state index < -0.39 is 11.7 Å². The Kier molecular flexibility index (Phi) is 9.54. The van der Waals surface area contributed by atoms with Gasteiger partial charge in [-0.1, -0.05) is 60.3 Å². The van der Waals surface area contributed by atoms with Crippen LogP contribution in [0.15, 0.2) is 88.9 Å². The topological polar surface area (TPSA) is 73.0 Å². The molecule has 0 N–H and O–H groups in total. The van der Waals surface area contributed by atoms with Crippen molar-refractivity contribution in [1.29, 1.82) is 0 Å². The average molecular weight is 676 g/mol. The molecule has 3 aromatic carbocycles. The van der Waals surface area contributed by atoms with E-state index in [0.29, 0.717) is 59.5 Å². The highest BCUT2D eigenvalue weighted by Crippen LogP contribution is 2.32. The minimum absolute atomic E-state index is 0.188. The van der Waals surface area contributed by atoms with Gasteiger partial charge >= 0.3 is 6.18 Å². The second-order valence-corrected chi connectivity index (χ2v) is 12.7. The predicted octanol–water partition coefficient (Wildman–Crippen LogP) is 7.23. The van der Waals surface area contributed by atoms with Crippen LogP contribution in [0.2, 0.25) is 0 Å². The maximum absolute atomic E-state index is 13.5. The van der Waals surface area contributed by atoms with Gasteiger partial charge in [-0.2, -0.15) is 18.2 Å². The lowest BCUT2D eigenvalue weighted by atomic mass is 10.0. The summed E-state index contributed by atoms with van der Waals surface area (Å²) >= 11 is 1.39. The predicted molar refractivity (Wildman–Crippen MR) is 176 cm³/mol. The standard InChI is InChI=1S/C36H33F4N5O2S/c1-3-43(2)34(47)31-19-41-32(44(31)20-23-7-11-25(12-8-23)26-13-15-27(16-14-26)36(38,39)40)21-45-30-6-4-5-29(30)33(46)42-35(45)48-22-24-9-17-28(37)18-10-24/h7-19H,3-6,20-22H2,1-2H3. The number of hydrogen-bond acceptors (Lipinski definition) is 5. The summed E-state index contributed by atoms with van der Waals surface area (Å²) in [7, 11) is 1.72. The fraction of sp³-hybridized carbons (Fsp3) is 0.278. The number of aromatic nitrogens is 4. The third-order valence-corrected chi connectivity index (χ3v) is 9.65. The fourth-order valence-corrected chi connectivity index (χ4v) is 6.76. The van der Waals surface area contributed by atoms with Crippen LogP contribution in [0.4, 0.5) is 17.6 Å². The minimum atomic E-state index is -4.40. The van der Waals surface area contributed by atoms with E-state index in [1.807, 2.05) is 40.3 Å². The van der Waals surface area contributed by atoms with E-state index in [9.17, 15) is 27.2 Å². The number of carbonyl (C=O) groups is 1. The Balaban J connectivity index is 1.33. The zero-order chi connectivity index (χ0) is 34.0. The van der Waals surface area contributed by atoms with E-state index in [2.05, 4.69) is 4.98 Å². The van der Waals surface area contributed by atoms with Crippen molar-refractivity contribution in [2.75, 3.05) is 13.6 Å². The molecule has 248 valence electrons. The first-order chi connectivity index (χ1) is 23.0. The highest BCUT2D eigenvalue weighted by molar-refractivity contribution is 7.98. The van der Waals surface area contributed by atoms with Crippen LogP contribution < -0.4 is 5.56 Å². The first-order valence-corrected chi connectivity index (χ1v) is 16.6. The van der Waals surface area contributed by atoms with Crippen molar-refractivity contribution < 1.29 is 22.4 Å². The van der Waals surface area contributed by atoms with E-state index in [-0.39, 0.29) is 23.8 Å². The zero-order valence-corrected chi connectivity index (χ0v) is 27.2. The van der Waals surface area contributed by atoms with E-state index in [1.165, 1.54) is 36.0 Å². The van der Waals surface area contributed by atoms with Crippen molar-refractivity contribution in [1.82, 2.24) is 24.0 Å². The molecule has 1 aliphatic rings. The van der Waals surface area contributed by atoms with Crippen LogP contribution >= 0.6 is 11.8 Å². The Morgan fingerprint density at radius 3 is 2.19 bits per heavy atom. The quantitative estimate of drug-likeness (QED) is 0.0888. The highest BCUT2D eigenvalue weighted by Gasteiger charge is 2.30. The van der Waals surface area contributed by atoms with Crippen molar-refractivity contribution in [3.05, 3.63) is 135 Å². The number of imidazole rings is 1. The normalized spacial score (nSPS) is 12.7. The van der Waals surface area contributed by atoms with Gasteiger partial charge in [0.1, 0.15) is 17.3 Å². The summed E-state index contributed by atoms with van der Waals surface area (Å²) in [6, 6.07) is 18.7. The summed E-state index contributed by atoms with van der Waals surface area (Å²) in [5.74, 6) is 0.581. The monoisotopic (exact) mass is 675 g/mol. The molecule has 48 heavy (non-hydrogen) atoms. The maximum Gasteiger partial charge on any atom is 0.416 e. The van der Waals surface area contributed by atoms with Gasteiger partial charge < -0.3 is 14.0 Å². The molecular weight excluding hydrogens is 642 g/mol. The Morgan fingerprint density at radius 1 is 0.896 bits per heavy atom. The van der Waals surface area contributed by atoms with Crippen LogP contribution in [-0.4, -0.2) is 43.5 Å². The highest BCUT2D eigenvalue weighted by atomic mass is 32.2. The van der Waals surface area contributed by atoms with Crippen LogP contribution in [0.5, 0.6) is 0 Å². The summed E-state index contributed by atoms with van der Waals surface area (Å²) < 4.78 is 56.5. The number of fused-ring (bicyclic) bond motifs is 1. The van der Waals surface area contributed by atoms with Crippen molar-refractivity contribution in [3.8, 4) is 11.1 Å². The summed E-state index contributed by atoms with van der Waals surface area (Å²) in [6.07, 6.45) is -0.632. The van der Waals surface area contributed by atoms with Crippen molar-refractivity contribution in [2.45, 2.75) is 56.4 Å². The lowest BCUT2D eigenvalue weighted by molar-refractivity contribution is -0.137. The number of nitrogens with zero attached hydrogens (tertiary/aromatic N) is 5. The maximum atomic E-state index is 13.5. The van der Waals surface area contributed by atoms with Gasteiger partial charge in [-0.3, -0.25) is 9.59 Å². The van der Waals surface area contributed by atoms with Gasteiger partial charge in [0.05, 0.1) is 18.3 Å². The minimum Gasteiger partial charge on any atom is -0.341 e. The molecule has 0 unspecified atom stereocenters. The summed E-state index contributed by atoms with van der Waals surface area (Å²) in [5.41, 5.74) is 4.24. The van der Waals surface area contributed by atoms with Crippen LogP contribution in [0.25, 0.3) is 11.1 Å². The molecule has 0 bridgehead atoms. The molecule has 12 heteroatoms. The lowest BCUT2D eigenvalue weighted by Gasteiger charge is -2.20. The third kappa shape index (κ3) is 7.08. The summed E-state index contributed by atoms with van der Waals surface area (Å²) in [4.78, 5) is 37.2. The molecule has 0 aliphatic heterocycles. The molecule has 2 aromatic heterocycles. The molecule has 0 saturated heterocycles. The van der Waals surface area contributed by atoms with Gasteiger partial charge in [-0.05, 0) is 72.7 Å². The van der Waals surface area contributed by atoms with Gasteiger partial charge in [0, 0.05) is 37.1 Å². The molecule has 1 amide bonds. The van der Waals surface area contributed by atoms with E-state index in [0.717, 1.165) is 40.9 Å². The van der Waals surface area contributed by atoms with E-state index in [1.54, 1.807) is 30.3 Å². The zero-order valence-electron chi connectivity index (χ0n) is 26.4. The molecule has 2 heterocycles. The first-order valence-electron chi connectivity index (χ1n) is 15.6. The molecule has 5 aromatic rings. The molecule has 1 aliphatic carbocycles. The second-order valence-electron chi connectivity index (χ2n) is 11.7. The molecule has 0 atom stereocenters. The van der Waals surface area contributed by atoms with E-state index in [4.69, 9.17) is 4.98 Å². The number of rotatable bonds is 10. The molecule has 0 saturated carbocycles. The third-order valence-electron chi connectivity index (χ3n) is 8.60. The number of amides is 1. The Hall–Kier alpha value is -4.71. The number of carbonyl (C=O) groups excluding carboxylic acids is 1. The smallest absolute Gasteiger partial charge is 0.341 e. The molecule has 7 nitrogen and oxygen atoms in total. The number of thioether (sulfide) groups is 1. The van der Waals surface area contributed by atoms with Gasteiger partial charge in [0.2, 0.25) is 0 Å². The first kappa shape index (κ1) is 33.2. The largest absolute Gasteiger partial charge is 0.416 e. The van der Waals surface area contributed by atoms with E-state index >= 15 is 0 Å². The number of alkyl halides is 3. The SMILES string of the molecule is CCN(C)C(=O)c1cnc(Cn2c(SCc3ccc(F)cc3)nc(=O)c3c2CCC3)n1Cc1ccc(-c2ccc(C(F)(F)F)cc2)cc1. The Bertz CT molecular complexity index is 1990. The van der Waals surface area contributed by atoms with Gasteiger partial charge in [-0.15, -0.1) is 0 Å². The van der Waals surface area contributed by atoms with Crippen LogP contribution in [-0.2, 0) is 37.9 Å². The lowest BCUT2D eigenvalue weighted by Crippen LogP contribution is -2.29. The number of hydrogen-bond donors (Lipinski definition) is 0. The van der Waals surface area contributed by atoms with Crippen LogP contribution in [0, 0.1) is 5.82 Å².